The molecule has 3 heteroatoms. The number of hydrogen-bond donors (Lipinski definition) is 1. The largest absolute Gasteiger partial charge is 0.386 e. The number of aromatic nitrogens is 1. The number of aliphatic hydroxyl groups excluding tert-OH is 1. The molecule has 1 unspecified atom stereocenters. The number of rotatable bonds is 3. The minimum atomic E-state index is -0.595. The van der Waals surface area contributed by atoms with Crippen molar-refractivity contribution in [2.45, 2.75) is 6.10 Å². The molecule has 1 aromatic carbocycles. The molecule has 15 heavy (non-hydrogen) atoms. The van der Waals surface area contributed by atoms with Crippen molar-refractivity contribution in [3.05, 3.63) is 42.1 Å². The van der Waals surface area contributed by atoms with Crippen LogP contribution < -0.4 is 0 Å². The van der Waals surface area contributed by atoms with Crippen LogP contribution in [-0.2, 0) is 4.74 Å². The molecule has 0 aliphatic carbocycles. The Morgan fingerprint density at radius 1 is 1.33 bits per heavy atom. The summed E-state index contributed by atoms with van der Waals surface area (Å²) >= 11 is 0. The molecule has 0 spiro atoms. The van der Waals surface area contributed by atoms with E-state index in [0.717, 1.165) is 16.5 Å². The highest BCUT2D eigenvalue weighted by Gasteiger charge is 2.10. The first-order valence-corrected chi connectivity index (χ1v) is 4.83. The van der Waals surface area contributed by atoms with Crippen LogP contribution in [0.1, 0.15) is 11.7 Å². The average Bonchev–Trinajstić information content (AvgIpc) is 2.28. The van der Waals surface area contributed by atoms with Crippen LogP contribution in [0.5, 0.6) is 0 Å². The van der Waals surface area contributed by atoms with Gasteiger partial charge in [0.05, 0.1) is 12.1 Å². The van der Waals surface area contributed by atoms with Gasteiger partial charge in [-0.1, -0.05) is 18.2 Å². The topological polar surface area (TPSA) is 42.4 Å². The molecule has 1 heterocycles. The molecule has 1 N–H and O–H groups in total. The zero-order valence-electron chi connectivity index (χ0n) is 8.55. The van der Waals surface area contributed by atoms with E-state index in [-0.39, 0.29) is 0 Å². The lowest BCUT2D eigenvalue weighted by Crippen LogP contribution is -2.05. The van der Waals surface area contributed by atoms with Crippen LogP contribution in [0.3, 0.4) is 0 Å². The molecule has 0 radical (unpaired) electrons. The predicted molar refractivity (Wildman–Crippen MR) is 58.6 cm³/mol. The van der Waals surface area contributed by atoms with Crippen molar-refractivity contribution in [1.82, 2.24) is 4.98 Å². The van der Waals surface area contributed by atoms with Crippen molar-refractivity contribution in [3.8, 4) is 0 Å². The smallest absolute Gasteiger partial charge is 0.103 e. The number of pyridine rings is 1. The van der Waals surface area contributed by atoms with Gasteiger partial charge in [-0.3, -0.25) is 4.98 Å². The van der Waals surface area contributed by atoms with Crippen LogP contribution in [0, 0.1) is 0 Å². The molecule has 0 aliphatic rings. The molecule has 0 saturated carbocycles. The molecule has 1 aromatic heterocycles. The monoisotopic (exact) mass is 203 g/mol. The van der Waals surface area contributed by atoms with Gasteiger partial charge in [-0.15, -0.1) is 0 Å². The van der Waals surface area contributed by atoms with Crippen molar-refractivity contribution in [2.24, 2.45) is 0 Å². The highest BCUT2D eigenvalue weighted by Crippen LogP contribution is 2.22. The van der Waals surface area contributed by atoms with E-state index in [0.29, 0.717) is 6.61 Å². The number of ether oxygens (including phenoxy) is 1. The molecule has 78 valence electrons. The Morgan fingerprint density at radius 2 is 2.20 bits per heavy atom. The minimum absolute atomic E-state index is 0.300. The lowest BCUT2D eigenvalue weighted by atomic mass is 10.0. The summed E-state index contributed by atoms with van der Waals surface area (Å²) in [5.74, 6) is 0. The first kappa shape index (κ1) is 10.1. The molecule has 3 nitrogen and oxygen atoms in total. The Balaban J connectivity index is 2.50. The fraction of sp³-hybridized carbons (Fsp3) is 0.250. The first-order valence-electron chi connectivity index (χ1n) is 4.83. The number of fused-ring (bicyclic) bond motifs is 1. The van der Waals surface area contributed by atoms with Gasteiger partial charge in [0.25, 0.3) is 0 Å². The van der Waals surface area contributed by atoms with Gasteiger partial charge in [-0.25, -0.2) is 0 Å². The Labute approximate surface area is 88.3 Å². The maximum Gasteiger partial charge on any atom is 0.103 e. The lowest BCUT2D eigenvalue weighted by molar-refractivity contribution is 0.0653. The van der Waals surface area contributed by atoms with Crippen LogP contribution in [0.15, 0.2) is 36.5 Å². The molecular weight excluding hydrogens is 190 g/mol. The van der Waals surface area contributed by atoms with E-state index in [2.05, 4.69) is 4.98 Å². The van der Waals surface area contributed by atoms with E-state index in [4.69, 9.17) is 4.74 Å². The molecule has 0 aliphatic heterocycles. The summed E-state index contributed by atoms with van der Waals surface area (Å²) in [4.78, 5) is 4.23. The van der Waals surface area contributed by atoms with Gasteiger partial charge in [-0.2, -0.15) is 0 Å². The standard InChI is InChI=1S/C12H13NO2/c1-15-8-12(14)10-4-2-6-11-9(10)5-3-7-13-11/h2-7,12,14H,8H2,1H3. The van der Waals surface area contributed by atoms with Crippen molar-refractivity contribution in [1.29, 1.82) is 0 Å². The summed E-state index contributed by atoms with van der Waals surface area (Å²) in [7, 11) is 1.58. The SMILES string of the molecule is COCC(O)c1cccc2ncccc12. The van der Waals surface area contributed by atoms with Crippen LogP contribution in [0.2, 0.25) is 0 Å². The van der Waals surface area contributed by atoms with Crippen molar-refractivity contribution < 1.29 is 9.84 Å². The molecule has 1 atom stereocenters. The second-order valence-electron chi connectivity index (χ2n) is 3.39. The molecule has 2 rings (SSSR count). The van der Waals surface area contributed by atoms with E-state index in [9.17, 15) is 5.11 Å². The molecule has 2 aromatic rings. The van der Waals surface area contributed by atoms with Gasteiger partial charge in [0.2, 0.25) is 0 Å². The van der Waals surface area contributed by atoms with E-state index < -0.39 is 6.10 Å². The second kappa shape index (κ2) is 4.38. The summed E-state index contributed by atoms with van der Waals surface area (Å²) < 4.78 is 4.94. The third kappa shape index (κ3) is 1.98. The number of hydrogen-bond acceptors (Lipinski definition) is 3. The Kier molecular flexibility index (Phi) is 2.94. The van der Waals surface area contributed by atoms with Gasteiger partial charge in [0.1, 0.15) is 6.10 Å². The minimum Gasteiger partial charge on any atom is -0.386 e. The normalized spacial score (nSPS) is 12.9. The molecule has 0 saturated heterocycles. The van der Waals surface area contributed by atoms with Crippen LogP contribution in [-0.4, -0.2) is 23.8 Å². The van der Waals surface area contributed by atoms with Crippen molar-refractivity contribution in [2.75, 3.05) is 13.7 Å². The van der Waals surface area contributed by atoms with Crippen molar-refractivity contribution in [3.63, 3.8) is 0 Å². The van der Waals surface area contributed by atoms with Gasteiger partial charge < -0.3 is 9.84 Å². The zero-order chi connectivity index (χ0) is 10.7. The Bertz CT molecular complexity index is 451. The second-order valence-corrected chi connectivity index (χ2v) is 3.39. The maximum absolute atomic E-state index is 9.87. The van der Waals surface area contributed by atoms with Crippen LogP contribution >= 0.6 is 0 Å². The Morgan fingerprint density at radius 3 is 3.00 bits per heavy atom. The number of benzene rings is 1. The molecule has 0 bridgehead atoms. The predicted octanol–water partition coefficient (Wildman–Crippen LogP) is 1.91. The third-order valence-corrected chi connectivity index (χ3v) is 2.36. The Hall–Kier alpha value is -1.45. The quantitative estimate of drug-likeness (QED) is 0.828. The lowest BCUT2D eigenvalue weighted by Gasteiger charge is -2.12. The zero-order valence-corrected chi connectivity index (χ0v) is 8.55. The van der Waals surface area contributed by atoms with Gasteiger partial charge in [0.15, 0.2) is 0 Å². The molecule has 0 amide bonds. The summed E-state index contributed by atoms with van der Waals surface area (Å²) in [6.07, 6.45) is 1.15. The fourth-order valence-corrected chi connectivity index (χ4v) is 1.67. The highest BCUT2D eigenvalue weighted by molar-refractivity contribution is 5.82. The van der Waals surface area contributed by atoms with Crippen LogP contribution in [0.4, 0.5) is 0 Å². The van der Waals surface area contributed by atoms with E-state index >= 15 is 0 Å². The van der Waals surface area contributed by atoms with Gasteiger partial charge >= 0.3 is 0 Å². The summed E-state index contributed by atoms with van der Waals surface area (Å²) in [6.45, 7) is 0.300. The summed E-state index contributed by atoms with van der Waals surface area (Å²) in [5, 5.41) is 10.8. The van der Waals surface area contributed by atoms with E-state index in [1.54, 1.807) is 13.3 Å². The van der Waals surface area contributed by atoms with Gasteiger partial charge in [-0.05, 0) is 17.7 Å². The van der Waals surface area contributed by atoms with E-state index in [1.807, 2.05) is 30.3 Å². The fourth-order valence-electron chi connectivity index (χ4n) is 1.67. The van der Waals surface area contributed by atoms with Crippen molar-refractivity contribution >= 4 is 10.9 Å². The van der Waals surface area contributed by atoms with Gasteiger partial charge in [0, 0.05) is 18.7 Å². The summed E-state index contributed by atoms with van der Waals surface area (Å²) in [6, 6.07) is 9.54. The van der Waals surface area contributed by atoms with E-state index in [1.165, 1.54) is 0 Å². The first-order chi connectivity index (χ1) is 7.33. The number of methoxy groups -OCH3 is 1. The average molecular weight is 203 g/mol. The van der Waals surface area contributed by atoms with Crippen LogP contribution in [0.25, 0.3) is 10.9 Å². The maximum atomic E-state index is 9.87. The third-order valence-electron chi connectivity index (χ3n) is 2.36. The molecule has 0 fully saturated rings. The number of aliphatic hydroxyl groups is 1. The molecular formula is C12H13NO2. The number of nitrogens with zero attached hydrogens (tertiary/aromatic N) is 1. The highest BCUT2D eigenvalue weighted by atomic mass is 16.5. The summed E-state index contributed by atoms with van der Waals surface area (Å²) in [5.41, 5.74) is 1.76.